The van der Waals surface area contributed by atoms with E-state index in [1.165, 1.54) is 177 Å². The summed E-state index contributed by atoms with van der Waals surface area (Å²) in [5, 5.41) is 1.41. The second kappa shape index (κ2) is 22.1. The van der Waals surface area contributed by atoms with E-state index >= 15 is 0 Å². The third kappa shape index (κ3) is 9.34. The predicted molar refractivity (Wildman–Crippen MR) is 444 cm³/mol. The Kier molecular flexibility index (Phi) is 13.8. The van der Waals surface area contributed by atoms with Gasteiger partial charge >= 0.3 is 0 Å². The summed E-state index contributed by atoms with van der Waals surface area (Å²) in [5.74, 6) is 0. The van der Waals surface area contributed by atoms with E-state index in [4.69, 9.17) is 5.73 Å². The van der Waals surface area contributed by atoms with Crippen LogP contribution < -0.4 is 57.4 Å². The predicted octanol–water partition coefficient (Wildman–Crippen LogP) is 21.6. The minimum atomic E-state index is -0.512. The molecule has 4 aliphatic heterocycles. The van der Waals surface area contributed by atoms with Gasteiger partial charge in [-0.15, -0.1) is 11.3 Å². The first-order valence-electron chi connectivity index (χ1n) is 38.0. The third-order valence-corrected chi connectivity index (χ3v) is 27.5. The Bertz CT molecular complexity index is 5590. The summed E-state index contributed by atoms with van der Waals surface area (Å²) >= 11 is 2.04. The van der Waals surface area contributed by atoms with Crippen LogP contribution in [0.3, 0.4) is 0 Å². The highest BCUT2D eigenvalue weighted by Crippen LogP contribution is 2.58. The maximum Gasteiger partial charge on any atom is 0.264 e. The average Bonchev–Trinajstić information content (AvgIpc) is 1.50. The van der Waals surface area contributed by atoms with Gasteiger partial charge in [-0.25, -0.2) is 0 Å². The molecule has 0 saturated carbocycles. The molecule has 5 nitrogen and oxygen atoms in total. The number of nitrogens with zero attached hydrogens (tertiary/aromatic N) is 4. The largest absolute Gasteiger partial charge is 0.322 e. The topological polar surface area (TPSA) is 39.0 Å². The molecule has 1 aromatic heterocycles. The van der Waals surface area contributed by atoms with Crippen molar-refractivity contribution in [3.8, 4) is 22.3 Å². The first kappa shape index (κ1) is 64.5. The molecule has 0 saturated heterocycles. The first-order valence-corrected chi connectivity index (χ1v) is 38.8. The van der Waals surface area contributed by atoms with Crippen LogP contribution in [0.15, 0.2) is 206 Å². The molecular formula is C95H93B2N5S. The Morgan fingerprint density at radius 2 is 0.757 bits per heavy atom. The zero-order chi connectivity index (χ0) is 71.1. The van der Waals surface area contributed by atoms with Crippen molar-refractivity contribution in [1.29, 1.82) is 0 Å². The molecule has 0 amide bonds. The van der Waals surface area contributed by atoms with Crippen molar-refractivity contribution in [3.05, 3.63) is 262 Å². The van der Waals surface area contributed by atoms with Gasteiger partial charge in [0.05, 0.1) is 5.69 Å². The molecule has 1 atom stereocenters. The minimum Gasteiger partial charge on any atom is -0.322 e. The molecule has 7 aliphatic rings. The van der Waals surface area contributed by atoms with E-state index in [2.05, 4.69) is 330 Å². The van der Waals surface area contributed by atoms with E-state index in [9.17, 15) is 0 Å². The number of rotatable bonds is 6. The van der Waals surface area contributed by atoms with Crippen LogP contribution in [0.25, 0.3) is 32.3 Å². The Hall–Kier alpha value is -9.33. The summed E-state index contributed by atoms with van der Waals surface area (Å²) < 4.78 is 2.74. The van der Waals surface area contributed by atoms with Gasteiger partial charge in [0, 0.05) is 83.0 Å². The molecule has 5 heterocycles. The molecule has 2 N–H and O–H groups in total. The summed E-state index contributed by atoms with van der Waals surface area (Å²) in [7, 11) is 0. The molecule has 0 bridgehead atoms. The fraction of sp³-hybridized carbons (Fsp3) is 0.284. The number of hydrogen-bond donors (Lipinski definition) is 1. The van der Waals surface area contributed by atoms with E-state index in [0.29, 0.717) is 0 Å². The molecule has 0 spiro atoms. The number of anilines is 12. The Morgan fingerprint density at radius 1 is 0.330 bits per heavy atom. The summed E-state index contributed by atoms with van der Waals surface area (Å²) in [6.45, 7) is 36.0. The fourth-order valence-corrected chi connectivity index (χ4v) is 21.9. The van der Waals surface area contributed by atoms with Gasteiger partial charge in [-0.1, -0.05) is 184 Å². The number of nitrogens with two attached hydrogens (primary N) is 1. The van der Waals surface area contributed by atoms with Gasteiger partial charge in [0.15, 0.2) is 0 Å². The fourth-order valence-electron chi connectivity index (χ4n) is 20.5. The van der Waals surface area contributed by atoms with Crippen molar-refractivity contribution in [3.63, 3.8) is 0 Å². The molecule has 0 fully saturated rings. The van der Waals surface area contributed by atoms with Crippen LogP contribution in [0.1, 0.15) is 170 Å². The van der Waals surface area contributed by atoms with E-state index in [1.807, 2.05) is 11.3 Å². The molecule has 3 aliphatic carbocycles. The molecule has 0 radical (unpaired) electrons. The van der Waals surface area contributed by atoms with E-state index in [-0.39, 0.29) is 40.5 Å². The van der Waals surface area contributed by atoms with Crippen molar-refractivity contribution >= 4 is 135 Å². The maximum absolute atomic E-state index is 7.67. The lowest BCUT2D eigenvalue weighted by Gasteiger charge is -2.48. The minimum absolute atomic E-state index is 0.00762. The van der Waals surface area contributed by atoms with E-state index < -0.39 is 5.54 Å². The Labute approximate surface area is 615 Å². The Balaban J connectivity index is 0.962. The zero-order valence-electron chi connectivity index (χ0n) is 62.8. The quantitative estimate of drug-likeness (QED) is 0.168. The Morgan fingerprint density at radius 3 is 1.32 bits per heavy atom. The lowest BCUT2D eigenvalue weighted by molar-refractivity contribution is 0.319. The normalized spacial score (nSPS) is 19.1. The van der Waals surface area contributed by atoms with Gasteiger partial charge in [-0.3, -0.25) is 0 Å². The smallest absolute Gasteiger partial charge is 0.264 e. The van der Waals surface area contributed by atoms with Crippen LogP contribution in [0.4, 0.5) is 68.2 Å². The second-order valence-corrected chi connectivity index (χ2v) is 36.4. The SMILES string of the molecule is Cc1cccc(C)c1-c1cc2c3c(c1)N(c1ccccc1)c1cc4c(cc1B3c1ccccc1N2c1ccc2c(c1)C(C)(C)CCC2(C)C)B1c2sc3ccc5c(c3c2N(c2ccc3c(c2)C(C)(N)CCC3(C)C)c2cc(-c3c(C)cccc3C)cc(c21)N4c1ccccc1)C(C)(C)CCC5(C)C. The van der Waals surface area contributed by atoms with Crippen LogP contribution in [0.2, 0.25) is 0 Å². The van der Waals surface area contributed by atoms with Gasteiger partial charge < -0.3 is 25.3 Å². The van der Waals surface area contributed by atoms with Crippen LogP contribution in [-0.2, 0) is 32.6 Å². The molecule has 1 unspecified atom stereocenters. The number of hydrogen-bond acceptors (Lipinski definition) is 6. The highest BCUT2D eigenvalue weighted by Gasteiger charge is 2.52. The highest BCUT2D eigenvalue weighted by atomic mass is 32.1. The highest BCUT2D eigenvalue weighted by molar-refractivity contribution is 7.34. The first-order chi connectivity index (χ1) is 49.2. The lowest BCUT2D eigenvalue weighted by Crippen LogP contribution is -2.65. The number of para-hydroxylation sites is 3. The molecular weight excluding hydrogens is 1260 g/mol. The van der Waals surface area contributed by atoms with Crippen molar-refractivity contribution in [1.82, 2.24) is 0 Å². The van der Waals surface area contributed by atoms with Crippen LogP contribution in [0, 0.1) is 27.7 Å². The molecule has 103 heavy (non-hydrogen) atoms. The molecule has 19 rings (SSSR count). The van der Waals surface area contributed by atoms with Gasteiger partial charge in [0.25, 0.3) is 13.4 Å². The zero-order valence-corrected chi connectivity index (χ0v) is 63.6. The monoisotopic (exact) mass is 1360 g/mol. The number of benzene rings is 11. The lowest BCUT2D eigenvalue weighted by atomic mass is 9.31. The summed E-state index contributed by atoms with van der Waals surface area (Å²) in [5.41, 5.74) is 46.7. The third-order valence-electron chi connectivity index (χ3n) is 26.2. The van der Waals surface area contributed by atoms with Crippen LogP contribution in [0.5, 0.6) is 0 Å². The van der Waals surface area contributed by atoms with Gasteiger partial charge in [-0.2, -0.15) is 0 Å². The van der Waals surface area contributed by atoms with Crippen LogP contribution in [-0.4, -0.2) is 13.4 Å². The maximum atomic E-state index is 7.67. The van der Waals surface area contributed by atoms with Gasteiger partial charge in [0.1, 0.15) is 0 Å². The molecule has 11 aromatic carbocycles. The standard InChI is InChI=1S/C95H93B2N5S/c1-56-26-24-27-57(2)82(56)60-48-77-86-78(49-60)101(64-36-38-66-69(52-64)93(11,12)43-42-90(66,5)6)74-35-23-22-34-71(74)96(86)72-54-73-76(55-75(72)99(77)62-30-18-16-19-31-62)100(63-32-20-17-21-33-63)79-50-61(83-58(3)28-25-29-59(83)4)51-80-87(79)97(73)89-88(84-81(103-89)41-40-68-85(84)94(13,14)45-44-92(68,9)10)102(80)65-37-39-67-70(53-65)95(15,98)47-46-91(67,7)8/h16-41,48-55H,42-47,98H2,1-15H3. The van der Waals surface area contributed by atoms with Gasteiger partial charge in [-0.05, 0) is 296 Å². The van der Waals surface area contributed by atoms with E-state index in [1.54, 1.807) is 0 Å². The molecule has 510 valence electrons. The summed E-state index contributed by atoms with van der Waals surface area (Å²) in [4.78, 5) is 10.8. The second-order valence-electron chi connectivity index (χ2n) is 35.3. The van der Waals surface area contributed by atoms with Crippen LogP contribution >= 0.6 is 11.3 Å². The van der Waals surface area contributed by atoms with E-state index in [0.717, 1.165) is 49.9 Å². The van der Waals surface area contributed by atoms with Crippen molar-refractivity contribution in [2.75, 3.05) is 19.6 Å². The number of fused-ring (bicyclic) bond motifs is 14. The van der Waals surface area contributed by atoms with Crippen molar-refractivity contribution in [2.24, 2.45) is 5.73 Å². The summed E-state index contributed by atoms with van der Waals surface area (Å²) in [6.07, 6.45) is 6.50. The summed E-state index contributed by atoms with van der Waals surface area (Å²) in [6, 6.07) is 81.5. The molecule has 8 heteroatoms. The van der Waals surface area contributed by atoms with Crippen molar-refractivity contribution < 1.29 is 0 Å². The number of thiophene rings is 1. The number of aryl methyl sites for hydroxylation is 4. The average molecular weight is 1360 g/mol. The van der Waals surface area contributed by atoms with Gasteiger partial charge in [0.2, 0.25) is 0 Å². The molecule has 12 aromatic rings. The van der Waals surface area contributed by atoms with Crippen molar-refractivity contribution in [2.45, 2.75) is 175 Å².